The smallest absolute Gasteiger partial charge is 0.352 e. The number of alkyl halides is 3. The predicted molar refractivity (Wildman–Crippen MR) is 81.2 cm³/mol. The molecule has 128 valence electrons. The highest BCUT2D eigenvalue weighted by Gasteiger charge is 2.33. The van der Waals surface area contributed by atoms with Crippen LogP contribution < -0.4 is 5.32 Å². The van der Waals surface area contributed by atoms with E-state index in [9.17, 15) is 18.0 Å². The van der Waals surface area contributed by atoms with E-state index in [0.717, 1.165) is 32.1 Å². The van der Waals surface area contributed by atoms with Gasteiger partial charge < -0.3 is 10.2 Å². The molecule has 0 atom stereocenters. The van der Waals surface area contributed by atoms with Crippen molar-refractivity contribution in [3.63, 3.8) is 0 Å². The van der Waals surface area contributed by atoms with Gasteiger partial charge in [0.2, 0.25) is 0 Å². The Labute approximate surface area is 134 Å². The second-order valence-electron chi connectivity index (χ2n) is 5.84. The quantitative estimate of drug-likeness (QED) is 0.845. The molecular formula is C16H22F3N3O. The van der Waals surface area contributed by atoms with E-state index in [1.807, 2.05) is 0 Å². The van der Waals surface area contributed by atoms with Crippen LogP contribution >= 0.6 is 0 Å². The number of hydrogen-bond acceptors (Lipinski definition) is 3. The van der Waals surface area contributed by atoms with Crippen LogP contribution in [0.1, 0.15) is 47.4 Å². The molecule has 1 amide bonds. The molecule has 0 aromatic carbocycles. The summed E-state index contributed by atoms with van der Waals surface area (Å²) >= 11 is 0. The Morgan fingerprint density at radius 2 is 1.96 bits per heavy atom. The number of hydrogen-bond donors (Lipinski definition) is 1. The molecule has 1 fully saturated rings. The number of amides is 1. The van der Waals surface area contributed by atoms with Crippen LogP contribution in [0.15, 0.2) is 12.1 Å². The average Bonchev–Trinajstić information content (AvgIpc) is 2.51. The number of carbonyl (C=O) groups is 1. The summed E-state index contributed by atoms with van der Waals surface area (Å²) in [5.74, 6) is -0.373. The Balaban J connectivity index is 1.81. The van der Waals surface area contributed by atoms with Gasteiger partial charge in [-0.2, -0.15) is 13.2 Å². The van der Waals surface area contributed by atoms with E-state index in [2.05, 4.69) is 15.2 Å². The summed E-state index contributed by atoms with van der Waals surface area (Å²) in [5, 5.41) is 2.75. The molecule has 1 aromatic heterocycles. The van der Waals surface area contributed by atoms with Crippen molar-refractivity contribution in [2.24, 2.45) is 0 Å². The number of pyridine rings is 1. The topological polar surface area (TPSA) is 45.2 Å². The summed E-state index contributed by atoms with van der Waals surface area (Å²) in [6.45, 7) is 5.07. The lowest BCUT2D eigenvalue weighted by Gasteiger charge is -2.26. The summed E-state index contributed by atoms with van der Waals surface area (Å²) in [6, 6.07) is 2.03. The molecule has 1 aliphatic heterocycles. The number of carbonyl (C=O) groups excluding carboxylic acids is 1. The molecule has 23 heavy (non-hydrogen) atoms. The van der Waals surface area contributed by atoms with Crippen molar-refractivity contribution in [2.45, 2.75) is 38.8 Å². The molecule has 1 saturated heterocycles. The molecule has 0 unspecified atom stereocenters. The molecule has 1 aliphatic rings. The van der Waals surface area contributed by atoms with E-state index >= 15 is 0 Å². The molecule has 2 heterocycles. The summed E-state index contributed by atoms with van der Waals surface area (Å²) in [5.41, 5.74) is -0.694. The van der Waals surface area contributed by atoms with Gasteiger partial charge in [-0.1, -0.05) is 6.42 Å². The maximum atomic E-state index is 12.6. The highest BCUT2D eigenvalue weighted by Crippen LogP contribution is 2.28. The number of piperidine rings is 1. The van der Waals surface area contributed by atoms with Crippen molar-refractivity contribution < 1.29 is 18.0 Å². The minimum Gasteiger partial charge on any atom is -0.352 e. The zero-order valence-electron chi connectivity index (χ0n) is 13.2. The third kappa shape index (κ3) is 5.20. The van der Waals surface area contributed by atoms with Gasteiger partial charge in [0.1, 0.15) is 5.69 Å². The third-order valence-corrected chi connectivity index (χ3v) is 4.01. The van der Waals surface area contributed by atoms with Crippen LogP contribution in [0.5, 0.6) is 0 Å². The summed E-state index contributed by atoms with van der Waals surface area (Å²) in [7, 11) is 0. The van der Waals surface area contributed by atoms with Crippen molar-refractivity contribution in [3.8, 4) is 0 Å². The molecule has 1 aromatic rings. The van der Waals surface area contributed by atoms with Gasteiger partial charge in [0.25, 0.3) is 5.91 Å². The second kappa shape index (κ2) is 7.77. The molecule has 0 bridgehead atoms. The van der Waals surface area contributed by atoms with Gasteiger partial charge in [-0.05, 0) is 58.0 Å². The van der Waals surface area contributed by atoms with Crippen molar-refractivity contribution in [1.29, 1.82) is 0 Å². The van der Waals surface area contributed by atoms with E-state index in [1.54, 1.807) is 0 Å². The average molecular weight is 329 g/mol. The van der Waals surface area contributed by atoms with E-state index < -0.39 is 11.9 Å². The van der Waals surface area contributed by atoms with Gasteiger partial charge >= 0.3 is 6.18 Å². The number of halogens is 3. The predicted octanol–water partition coefficient (Wildman–Crippen LogP) is 3.01. The number of nitrogens with one attached hydrogen (secondary N) is 1. The van der Waals surface area contributed by atoms with Crippen LogP contribution in [0.2, 0.25) is 0 Å². The Hall–Kier alpha value is -1.63. The molecule has 4 nitrogen and oxygen atoms in total. The first kappa shape index (κ1) is 17.7. The first-order valence-corrected chi connectivity index (χ1v) is 7.93. The van der Waals surface area contributed by atoms with Crippen LogP contribution in [0.3, 0.4) is 0 Å². The third-order valence-electron chi connectivity index (χ3n) is 4.01. The van der Waals surface area contributed by atoms with Crippen molar-refractivity contribution in [3.05, 3.63) is 29.1 Å². The summed E-state index contributed by atoms with van der Waals surface area (Å²) in [6.07, 6.45) is 0.0754. The Bertz CT molecular complexity index is 540. The molecule has 0 saturated carbocycles. The monoisotopic (exact) mass is 329 g/mol. The van der Waals surface area contributed by atoms with Crippen LogP contribution in [-0.4, -0.2) is 42.0 Å². The first-order chi connectivity index (χ1) is 10.9. The van der Waals surface area contributed by atoms with Gasteiger partial charge in [0.05, 0.1) is 11.3 Å². The van der Waals surface area contributed by atoms with E-state index in [1.165, 1.54) is 32.3 Å². The van der Waals surface area contributed by atoms with Crippen molar-refractivity contribution in [2.75, 3.05) is 26.2 Å². The zero-order chi connectivity index (χ0) is 16.9. The minimum absolute atomic E-state index is 0.0911. The van der Waals surface area contributed by atoms with Crippen LogP contribution in [-0.2, 0) is 6.18 Å². The maximum Gasteiger partial charge on any atom is 0.433 e. The number of aromatic nitrogens is 1. The number of likely N-dealkylation sites (tertiary alicyclic amines) is 1. The lowest BCUT2D eigenvalue weighted by atomic mass is 10.1. The molecule has 0 aliphatic carbocycles. The van der Waals surface area contributed by atoms with Gasteiger partial charge in [0.15, 0.2) is 0 Å². The van der Waals surface area contributed by atoms with Crippen LogP contribution in [0.25, 0.3) is 0 Å². The lowest BCUT2D eigenvalue weighted by molar-refractivity contribution is -0.141. The second-order valence-corrected chi connectivity index (χ2v) is 5.84. The highest BCUT2D eigenvalue weighted by molar-refractivity contribution is 5.95. The molecule has 7 heteroatoms. The molecular weight excluding hydrogens is 307 g/mol. The Kier molecular flexibility index (Phi) is 5.98. The standard InChI is InChI=1S/C16H22F3N3O/c1-12-13(6-7-14(21-12)16(17,18)19)15(23)20-8-5-11-22-9-3-2-4-10-22/h6-7H,2-5,8-11H2,1H3,(H,20,23). The van der Waals surface area contributed by atoms with E-state index in [4.69, 9.17) is 0 Å². The van der Waals surface area contributed by atoms with Crippen LogP contribution in [0.4, 0.5) is 13.2 Å². The fourth-order valence-corrected chi connectivity index (χ4v) is 2.74. The van der Waals surface area contributed by atoms with Gasteiger partial charge in [-0.15, -0.1) is 0 Å². The Morgan fingerprint density at radius 1 is 1.26 bits per heavy atom. The van der Waals surface area contributed by atoms with Gasteiger partial charge in [0, 0.05) is 6.54 Å². The zero-order valence-corrected chi connectivity index (χ0v) is 13.2. The maximum absolute atomic E-state index is 12.6. The fraction of sp³-hybridized carbons (Fsp3) is 0.625. The summed E-state index contributed by atoms with van der Waals surface area (Å²) < 4.78 is 37.7. The molecule has 2 rings (SSSR count). The van der Waals surface area contributed by atoms with E-state index in [-0.39, 0.29) is 17.2 Å². The molecule has 0 spiro atoms. The largest absolute Gasteiger partial charge is 0.433 e. The van der Waals surface area contributed by atoms with Crippen molar-refractivity contribution in [1.82, 2.24) is 15.2 Å². The highest BCUT2D eigenvalue weighted by atomic mass is 19.4. The fourth-order valence-electron chi connectivity index (χ4n) is 2.74. The van der Waals surface area contributed by atoms with Crippen molar-refractivity contribution >= 4 is 5.91 Å². The number of rotatable bonds is 5. The van der Waals surface area contributed by atoms with Gasteiger partial charge in [-0.3, -0.25) is 4.79 Å². The Morgan fingerprint density at radius 3 is 2.57 bits per heavy atom. The summed E-state index contributed by atoms with van der Waals surface area (Å²) in [4.78, 5) is 17.9. The van der Waals surface area contributed by atoms with Gasteiger partial charge in [-0.25, -0.2) is 4.98 Å². The lowest BCUT2D eigenvalue weighted by Crippen LogP contribution is -2.33. The number of nitrogens with zero attached hydrogens (tertiary/aromatic N) is 2. The number of aryl methyl sites for hydroxylation is 1. The normalized spacial score (nSPS) is 16.3. The first-order valence-electron chi connectivity index (χ1n) is 7.93. The molecule has 0 radical (unpaired) electrons. The van der Waals surface area contributed by atoms with Crippen LogP contribution in [0, 0.1) is 6.92 Å². The van der Waals surface area contributed by atoms with E-state index in [0.29, 0.717) is 6.54 Å². The minimum atomic E-state index is -4.49. The molecule has 1 N–H and O–H groups in total. The SMILES string of the molecule is Cc1nc(C(F)(F)F)ccc1C(=O)NCCCN1CCCCC1.